The predicted octanol–water partition coefficient (Wildman–Crippen LogP) is 0.919. The van der Waals surface area contributed by atoms with Gasteiger partial charge in [-0.25, -0.2) is 13.6 Å². The van der Waals surface area contributed by atoms with E-state index in [-0.39, 0.29) is 0 Å². The highest BCUT2D eigenvalue weighted by molar-refractivity contribution is 5.89. The third kappa shape index (κ3) is 1.87. The molecule has 86 valence electrons. The number of rotatable bonds is 3. The van der Waals surface area contributed by atoms with Gasteiger partial charge < -0.3 is 10.1 Å². The van der Waals surface area contributed by atoms with E-state index < -0.39 is 39.7 Å². The molecule has 0 aromatic carbocycles. The molecule has 0 atom stereocenters. The number of carbonyl (C=O) groups is 1. The number of nitrogens with zero attached hydrogens (tertiary/aromatic N) is 1. The third-order valence-corrected chi connectivity index (χ3v) is 1.72. The number of aromatic nitrogens is 1. The SMILES string of the molecule is O=C(O)c1[nH]cc(C(F)F)c(=O)c1[N+](=O)[O-]. The van der Waals surface area contributed by atoms with E-state index in [0.717, 1.165) is 0 Å². The highest BCUT2D eigenvalue weighted by Crippen LogP contribution is 2.18. The largest absolute Gasteiger partial charge is 0.476 e. The predicted molar refractivity (Wildman–Crippen MR) is 45.6 cm³/mol. The van der Waals surface area contributed by atoms with Gasteiger partial charge in [0.2, 0.25) is 5.69 Å². The molecule has 0 aliphatic rings. The molecule has 9 heteroatoms. The summed E-state index contributed by atoms with van der Waals surface area (Å²) >= 11 is 0. The maximum Gasteiger partial charge on any atom is 0.359 e. The van der Waals surface area contributed by atoms with E-state index in [0.29, 0.717) is 6.20 Å². The van der Waals surface area contributed by atoms with Gasteiger partial charge in [-0.1, -0.05) is 0 Å². The standard InChI is InChI=1S/C7H4F2N2O5/c8-6(9)2-1-10-3(7(13)14)4(5(2)12)11(15)16/h1,6H,(H,10,12)(H,13,14). The number of carboxylic acid groups (broad SMARTS) is 1. The van der Waals surface area contributed by atoms with Crippen LogP contribution in [0.3, 0.4) is 0 Å². The molecular weight excluding hydrogens is 230 g/mol. The molecule has 0 unspecified atom stereocenters. The first-order valence-corrected chi connectivity index (χ1v) is 3.77. The van der Waals surface area contributed by atoms with Crippen molar-refractivity contribution >= 4 is 11.7 Å². The van der Waals surface area contributed by atoms with Gasteiger partial charge in [-0.15, -0.1) is 0 Å². The van der Waals surface area contributed by atoms with E-state index in [1.165, 1.54) is 0 Å². The molecule has 0 spiro atoms. The molecule has 1 aromatic heterocycles. The lowest BCUT2D eigenvalue weighted by Crippen LogP contribution is -2.19. The summed E-state index contributed by atoms with van der Waals surface area (Å²) in [6.07, 6.45) is -2.77. The minimum absolute atomic E-state index is 0.448. The van der Waals surface area contributed by atoms with Crippen molar-refractivity contribution in [3.63, 3.8) is 0 Å². The number of halogens is 2. The summed E-state index contributed by atoms with van der Waals surface area (Å²) in [6.45, 7) is 0. The van der Waals surface area contributed by atoms with Crippen LogP contribution >= 0.6 is 0 Å². The summed E-state index contributed by atoms with van der Waals surface area (Å²) in [5.41, 5.74) is -5.17. The number of nitrogens with one attached hydrogen (secondary N) is 1. The molecule has 1 heterocycles. The number of aromatic amines is 1. The fourth-order valence-corrected chi connectivity index (χ4v) is 1.03. The number of pyridine rings is 1. The molecule has 0 amide bonds. The van der Waals surface area contributed by atoms with E-state index >= 15 is 0 Å². The summed E-state index contributed by atoms with van der Waals surface area (Å²) in [6, 6.07) is 0. The zero-order valence-electron chi connectivity index (χ0n) is 7.44. The van der Waals surface area contributed by atoms with Crippen LogP contribution < -0.4 is 5.43 Å². The zero-order valence-corrected chi connectivity index (χ0v) is 7.44. The third-order valence-electron chi connectivity index (χ3n) is 1.72. The monoisotopic (exact) mass is 234 g/mol. The van der Waals surface area contributed by atoms with Crippen molar-refractivity contribution < 1.29 is 23.6 Å². The Morgan fingerprint density at radius 3 is 2.50 bits per heavy atom. The average Bonchev–Trinajstić information content (AvgIpc) is 2.15. The van der Waals surface area contributed by atoms with Crippen LogP contribution in [0, 0.1) is 10.1 Å². The van der Waals surface area contributed by atoms with Crippen molar-refractivity contribution in [3.8, 4) is 0 Å². The molecule has 2 N–H and O–H groups in total. The summed E-state index contributed by atoms with van der Waals surface area (Å²) in [5.74, 6) is -1.77. The molecule has 0 saturated heterocycles. The highest BCUT2D eigenvalue weighted by Gasteiger charge is 2.29. The van der Waals surface area contributed by atoms with Crippen molar-refractivity contribution in [1.82, 2.24) is 4.98 Å². The molecule has 0 bridgehead atoms. The number of hydrogen-bond donors (Lipinski definition) is 2. The second kappa shape index (κ2) is 4.04. The van der Waals surface area contributed by atoms with Gasteiger partial charge in [-0.2, -0.15) is 0 Å². The van der Waals surface area contributed by atoms with E-state index in [4.69, 9.17) is 5.11 Å². The van der Waals surface area contributed by atoms with Crippen molar-refractivity contribution in [2.75, 3.05) is 0 Å². The fraction of sp³-hybridized carbons (Fsp3) is 0.143. The van der Waals surface area contributed by atoms with Gasteiger partial charge in [0.15, 0.2) is 0 Å². The lowest BCUT2D eigenvalue weighted by atomic mass is 10.2. The van der Waals surface area contributed by atoms with E-state index in [1.54, 1.807) is 4.98 Å². The Labute approximate surface area is 85.5 Å². The second-order valence-electron chi connectivity index (χ2n) is 2.66. The summed E-state index contributed by atoms with van der Waals surface area (Å²) < 4.78 is 24.4. The molecule has 0 fully saturated rings. The number of nitro groups is 1. The van der Waals surface area contributed by atoms with Gasteiger partial charge in [0.1, 0.15) is 0 Å². The number of aromatic carboxylic acids is 1. The van der Waals surface area contributed by atoms with Gasteiger partial charge in [-0.3, -0.25) is 14.9 Å². The number of hydrogen-bond acceptors (Lipinski definition) is 4. The quantitative estimate of drug-likeness (QED) is 0.596. The smallest absolute Gasteiger partial charge is 0.359 e. The minimum Gasteiger partial charge on any atom is -0.476 e. The van der Waals surface area contributed by atoms with Crippen molar-refractivity contribution in [1.29, 1.82) is 0 Å². The van der Waals surface area contributed by atoms with E-state index in [9.17, 15) is 28.5 Å². The Balaban J connectivity index is 3.61. The van der Waals surface area contributed by atoms with Gasteiger partial charge in [0.25, 0.3) is 11.9 Å². The van der Waals surface area contributed by atoms with Crippen molar-refractivity contribution in [2.45, 2.75) is 6.43 Å². The molecule has 0 aliphatic carbocycles. The topological polar surface area (TPSA) is 113 Å². The van der Waals surface area contributed by atoms with Crippen LogP contribution in [0.1, 0.15) is 22.5 Å². The Kier molecular flexibility index (Phi) is 2.97. The summed E-state index contributed by atoms with van der Waals surface area (Å²) in [7, 11) is 0. The lowest BCUT2D eigenvalue weighted by molar-refractivity contribution is -0.386. The normalized spacial score (nSPS) is 10.4. The Morgan fingerprint density at radius 1 is 1.56 bits per heavy atom. The van der Waals surface area contributed by atoms with Crippen LogP contribution in [0.15, 0.2) is 11.0 Å². The molecule has 0 saturated carbocycles. The maximum absolute atomic E-state index is 12.2. The van der Waals surface area contributed by atoms with Gasteiger partial charge >= 0.3 is 11.7 Å². The molecule has 1 rings (SSSR count). The summed E-state index contributed by atoms with van der Waals surface area (Å²) in [5, 5.41) is 18.9. The maximum atomic E-state index is 12.2. The lowest BCUT2D eigenvalue weighted by Gasteiger charge is -2.01. The zero-order chi connectivity index (χ0) is 12.5. The molecular formula is C7H4F2N2O5. The van der Waals surface area contributed by atoms with Crippen LogP contribution in [0.25, 0.3) is 0 Å². The first-order chi connectivity index (χ1) is 7.36. The first kappa shape index (κ1) is 11.8. The summed E-state index contributed by atoms with van der Waals surface area (Å²) in [4.78, 5) is 32.5. The molecule has 0 aliphatic heterocycles. The van der Waals surface area contributed by atoms with Crippen LogP contribution in [0.4, 0.5) is 14.5 Å². The second-order valence-corrected chi connectivity index (χ2v) is 2.66. The Hall–Kier alpha value is -2.32. The van der Waals surface area contributed by atoms with E-state index in [1.807, 2.05) is 0 Å². The average molecular weight is 234 g/mol. The van der Waals surface area contributed by atoms with Crippen LogP contribution in [-0.4, -0.2) is 21.0 Å². The Morgan fingerprint density at radius 2 is 2.12 bits per heavy atom. The number of carboxylic acids is 1. The Bertz CT molecular complexity index is 510. The number of alkyl halides is 2. The van der Waals surface area contributed by atoms with Crippen molar-refractivity contribution in [2.24, 2.45) is 0 Å². The van der Waals surface area contributed by atoms with E-state index in [2.05, 4.69) is 0 Å². The molecule has 0 radical (unpaired) electrons. The van der Waals surface area contributed by atoms with Crippen molar-refractivity contribution in [3.05, 3.63) is 37.8 Å². The van der Waals surface area contributed by atoms with Crippen LogP contribution in [-0.2, 0) is 0 Å². The minimum atomic E-state index is -3.22. The highest BCUT2D eigenvalue weighted by atomic mass is 19.3. The molecule has 16 heavy (non-hydrogen) atoms. The van der Waals surface area contributed by atoms with Crippen LogP contribution in [0.5, 0.6) is 0 Å². The molecule has 7 nitrogen and oxygen atoms in total. The van der Waals surface area contributed by atoms with Gasteiger partial charge in [0.05, 0.1) is 10.5 Å². The fourth-order valence-electron chi connectivity index (χ4n) is 1.03. The number of H-pyrrole nitrogens is 1. The van der Waals surface area contributed by atoms with Gasteiger partial charge in [0, 0.05) is 6.20 Å². The van der Waals surface area contributed by atoms with Gasteiger partial charge in [-0.05, 0) is 0 Å². The first-order valence-electron chi connectivity index (χ1n) is 3.77. The van der Waals surface area contributed by atoms with Crippen LogP contribution in [0.2, 0.25) is 0 Å². The molecule has 1 aromatic rings.